The van der Waals surface area contributed by atoms with Gasteiger partial charge in [-0.3, -0.25) is 9.78 Å². The number of amides is 1. The number of allylic oxidation sites excluding steroid dienone is 1. The smallest absolute Gasteiger partial charge is 0.226 e. The van der Waals surface area contributed by atoms with Crippen molar-refractivity contribution in [3.63, 3.8) is 0 Å². The number of nitrogens with one attached hydrogen (secondary N) is 2. The largest absolute Gasteiger partial charge is 0.365 e. The summed E-state index contributed by atoms with van der Waals surface area (Å²) in [4.78, 5) is 22.1. The van der Waals surface area contributed by atoms with Gasteiger partial charge in [0.05, 0.1) is 23.3 Å². The van der Waals surface area contributed by atoms with Crippen LogP contribution in [0, 0.1) is 13.8 Å². The fraction of sp³-hybridized carbons (Fsp3) is 0.344. The maximum atomic E-state index is 13.1. The molecular weight excluding hydrogens is 538 g/mol. The molecule has 1 saturated heterocycles. The van der Waals surface area contributed by atoms with E-state index in [2.05, 4.69) is 71.4 Å². The molecule has 208 valence electrons. The number of rotatable bonds is 6. The van der Waals surface area contributed by atoms with Crippen molar-refractivity contribution in [2.24, 2.45) is 0 Å². The lowest BCUT2D eigenvalue weighted by Crippen LogP contribution is -2.42. The first kappa shape index (κ1) is 28.1. The lowest BCUT2D eigenvalue weighted by molar-refractivity contribution is -0.116. The Morgan fingerprint density at radius 3 is 2.65 bits per heavy atom. The third-order valence-electron chi connectivity index (χ3n) is 8.10. The van der Waals surface area contributed by atoms with Gasteiger partial charge in [0.2, 0.25) is 5.91 Å². The van der Waals surface area contributed by atoms with Crippen molar-refractivity contribution in [1.82, 2.24) is 15.2 Å². The van der Waals surface area contributed by atoms with Crippen molar-refractivity contribution in [2.75, 3.05) is 23.8 Å². The number of hydrogen-bond acceptors (Lipinski definition) is 4. The minimum absolute atomic E-state index is 0.0595. The summed E-state index contributed by atoms with van der Waals surface area (Å²) in [5.74, 6) is -0.0595. The molecule has 2 aromatic carbocycles. The van der Waals surface area contributed by atoms with E-state index in [1.807, 2.05) is 50.2 Å². The SMILES string of the molecule is CC1=CC(C)(C)N(C)c2cc(Cl)c(C3C(c4ccccn4)NC(=S)N3CCC(=O)Nc3cc(C)ccc3C)cc21. The highest BCUT2D eigenvalue weighted by Gasteiger charge is 2.41. The summed E-state index contributed by atoms with van der Waals surface area (Å²) >= 11 is 12.9. The van der Waals surface area contributed by atoms with E-state index in [-0.39, 0.29) is 30.0 Å². The first-order valence-electron chi connectivity index (χ1n) is 13.6. The molecule has 1 amide bonds. The average molecular weight is 574 g/mol. The van der Waals surface area contributed by atoms with Gasteiger partial charge in [-0.2, -0.15) is 0 Å². The fourth-order valence-electron chi connectivity index (χ4n) is 5.70. The minimum atomic E-state index is -0.234. The van der Waals surface area contributed by atoms with Crippen LogP contribution < -0.4 is 15.5 Å². The average Bonchev–Trinajstić information content (AvgIpc) is 3.24. The molecule has 3 aromatic rings. The Kier molecular flexibility index (Phi) is 7.64. The van der Waals surface area contributed by atoms with E-state index in [1.165, 1.54) is 5.57 Å². The van der Waals surface area contributed by atoms with Crippen molar-refractivity contribution in [1.29, 1.82) is 0 Å². The van der Waals surface area contributed by atoms with E-state index >= 15 is 0 Å². The molecule has 2 atom stereocenters. The van der Waals surface area contributed by atoms with E-state index in [1.54, 1.807) is 6.20 Å². The van der Waals surface area contributed by atoms with E-state index < -0.39 is 0 Å². The number of halogens is 1. The Morgan fingerprint density at radius 1 is 1.15 bits per heavy atom. The Bertz CT molecular complexity index is 1500. The number of hydrogen-bond donors (Lipinski definition) is 2. The summed E-state index contributed by atoms with van der Waals surface area (Å²) in [6, 6.07) is 15.7. The third kappa shape index (κ3) is 5.32. The molecule has 0 saturated carbocycles. The zero-order valence-electron chi connectivity index (χ0n) is 23.9. The van der Waals surface area contributed by atoms with Gasteiger partial charge in [0.25, 0.3) is 0 Å². The van der Waals surface area contributed by atoms with E-state index in [0.717, 1.165) is 39.3 Å². The van der Waals surface area contributed by atoms with Crippen LogP contribution in [-0.4, -0.2) is 40.0 Å². The molecule has 1 fully saturated rings. The molecule has 0 aliphatic carbocycles. The maximum absolute atomic E-state index is 13.1. The molecule has 2 aliphatic rings. The van der Waals surface area contributed by atoms with Gasteiger partial charge in [0, 0.05) is 48.2 Å². The topological polar surface area (TPSA) is 60.5 Å². The number of anilines is 2. The minimum Gasteiger partial charge on any atom is -0.365 e. The molecule has 40 heavy (non-hydrogen) atoms. The van der Waals surface area contributed by atoms with Crippen molar-refractivity contribution in [3.8, 4) is 0 Å². The van der Waals surface area contributed by atoms with Crippen LogP contribution in [0.3, 0.4) is 0 Å². The second kappa shape index (κ2) is 10.9. The van der Waals surface area contributed by atoms with Gasteiger partial charge in [-0.05, 0) is 99.4 Å². The summed E-state index contributed by atoms with van der Waals surface area (Å²) in [6.07, 6.45) is 4.35. The number of carbonyl (C=O) groups is 1. The Hall–Kier alpha value is -3.42. The van der Waals surface area contributed by atoms with E-state index in [4.69, 9.17) is 23.8 Å². The summed E-state index contributed by atoms with van der Waals surface area (Å²) in [7, 11) is 2.10. The molecule has 6 nitrogen and oxygen atoms in total. The number of aromatic nitrogens is 1. The highest BCUT2D eigenvalue weighted by molar-refractivity contribution is 7.80. The summed E-state index contributed by atoms with van der Waals surface area (Å²) < 4.78 is 0. The summed E-state index contributed by atoms with van der Waals surface area (Å²) in [5.41, 5.74) is 8.13. The Morgan fingerprint density at radius 2 is 1.93 bits per heavy atom. The zero-order valence-corrected chi connectivity index (χ0v) is 25.5. The summed E-state index contributed by atoms with van der Waals surface area (Å²) in [6.45, 7) is 11.0. The van der Waals surface area contributed by atoms with Crippen molar-refractivity contribution >= 4 is 51.8 Å². The first-order chi connectivity index (χ1) is 19.0. The molecule has 2 unspecified atom stereocenters. The fourth-order valence-corrected chi connectivity index (χ4v) is 6.31. The zero-order chi connectivity index (χ0) is 28.8. The van der Waals surface area contributed by atoms with Crippen LogP contribution in [0.15, 0.2) is 60.8 Å². The molecule has 1 aromatic heterocycles. The quantitative estimate of drug-likeness (QED) is 0.310. The normalized spacial score (nSPS) is 19.7. The number of aryl methyl sites for hydroxylation is 2. The lowest BCUT2D eigenvalue weighted by Gasteiger charge is -2.41. The van der Waals surface area contributed by atoms with Crippen molar-refractivity contribution in [3.05, 3.63) is 93.8 Å². The third-order valence-corrected chi connectivity index (χ3v) is 8.78. The van der Waals surface area contributed by atoms with E-state index in [9.17, 15) is 4.79 Å². The number of pyridine rings is 1. The monoisotopic (exact) mass is 573 g/mol. The van der Waals surface area contributed by atoms with Gasteiger partial charge < -0.3 is 20.4 Å². The molecule has 0 bridgehead atoms. The molecule has 0 spiro atoms. The number of carbonyl (C=O) groups excluding carboxylic acids is 1. The number of likely N-dealkylation sites (N-methyl/N-ethyl adjacent to an activating group) is 1. The van der Waals surface area contributed by atoms with Crippen LogP contribution in [0.1, 0.15) is 67.2 Å². The van der Waals surface area contributed by atoms with Gasteiger partial charge in [-0.25, -0.2) is 0 Å². The maximum Gasteiger partial charge on any atom is 0.226 e. The van der Waals surface area contributed by atoms with Crippen LogP contribution in [0.5, 0.6) is 0 Å². The standard InChI is InChI=1S/C32H36ClN5OS/c1-19-10-11-20(2)26(15-19)35-28(39)12-14-38-30(29(36-31(38)40)25-9-7-8-13-34-25)23-16-22-21(3)18-32(4,5)37(6)27(22)17-24(23)33/h7-11,13,15-18,29-30H,12,14H2,1-6H3,(H,35,39)(H,36,40). The Balaban J connectivity index is 1.49. The predicted octanol–water partition coefficient (Wildman–Crippen LogP) is 6.98. The first-order valence-corrected chi connectivity index (χ1v) is 14.4. The number of fused-ring (bicyclic) bond motifs is 1. The van der Waals surface area contributed by atoms with Crippen LogP contribution in [-0.2, 0) is 4.79 Å². The molecule has 2 aliphatic heterocycles. The lowest BCUT2D eigenvalue weighted by atomic mass is 9.86. The second-order valence-corrected chi connectivity index (χ2v) is 12.2. The number of nitrogens with zero attached hydrogens (tertiary/aromatic N) is 3. The molecule has 3 heterocycles. The number of benzene rings is 2. The van der Waals surface area contributed by atoms with Gasteiger partial charge in [0.1, 0.15) is 0 Å². The molecule has 5 rings (SSSR count). The summed E-state index contributed by atoms with van der Waals surface area (Å²) in [5, 5.41) is 7.80. The highest BCUT2D eigenvalue weighted by atomic mass is 35.5. The molecule has 2 N–H and O–H groups in total. The molecule has 8 heteroatoms. The predicted molar refractivity (Wildman–Crippen MR) is 169 cm³/mol. The van der Waals surface area contributed by atoms with E-state index in [0.29, 0.717) is 16.7 Å². The van der Waals surface area contributed by atoms with Gasteiger partial charge in [-0.15, -0.1) is 0 Å². The Labute approximate surface area is 247 Å². The van der Waals surface area contributed by atoms with Crippen LogP contribution in [0.25, 0.3) is 5.57 Å². The van der Waals surface area contributed by atoms with Crippen molar-refractivity contribution < 1.29 is 4.79 Å². The van der Waals surface area contributed by atoms with Gasteiger partial charge in [-0.1, -0.05) is 35.9 Å². The second-order valence-electron chi connectivity index (χ2n) is 11.4. The van der Waals surface area contributed by atoms with Crippen molar-refractivity contribution in [2.45, 2.75) is 58.7 Å². The van der Waals surface area contributed by atoms with Crippen LogP contribution >= 0.6 is 23.8 Å². The molecular formula is C32H36ClN5OS. The number of thiocarbonyl (C=S) groups is 1. The van der Waals surface area contributed by atoms with Gasteiger partial charge in [0.15, 0.2) is 5.11 Å². The van der Waals surface area contributed by atoms with Gasteiger partial charge >= 0.3 is 0 Å². The molecule has 0 radical (unpaired) electrons. The van der Waals surface area contributed by atoms with Crippen LogP contribution in [0.4, 0.5) is 11.4 Å². The van der Waals surface area contributed by atoms with Crippen LogP contribution in [0.2, 0.25) is 5.02 Å². The highest BCUT2D eigenvalue weighted by Crippen LogP contribution is 2.46.